The number of hydrogen-bond donors (Lipinski definition) is 2. The third-order valence-electron chi connectivity index (χ3n) is 5.05. The van der Waals surface area contributed by atoms with E-state index in [-0.39, 0.29) is 0 Å². The van der Waals surface area contributed by atoms with Crippen LogP contribution in [0.3, 0.4) is 0 Å². The van der Waals surface area contributed by atoms with Crippen LogP contribution in [0.2, 0.25) is 0 Å². The van der Waals surface area contributed by atoms with Crippen LogP contribution in [-0.2, 0) is 19.5 Å². The molecule has 1 aromatic heterocycles. The van der Waals surface area contributed by atoms with E-state index in [9.17, 15) is 0 Å². The second kappa shape index (κ2) is 6.73. The van der Waals surface area contributed by atoms with E-state index in [4.69, 9.17) is 9.47 Å². The van der Waals surface area contributed by atoms with E-state index in [0.29, 0.717) is 0 Å². The number of hydrogen-bond acceptors (Lipinski definition) is 2. The molecule has 0 aliphatic carbocycles. The molecule has 130 valence electrons. The van der Waals surface area contributed by atoms with Crippen molar-refractivity contribution in [3.8, 4) is 11.5 Å². The highest BCUT2D eigenvalue weighted by Gasteiger charge is 2.24. The van der Waals surface area contributed by atoms with E-state index in [1.165, 1.54) is 32.6 Å². The van der Waals surface area contributed by atoms with Gasteiger partial charge in [0.05, 0.1) is 30.9 Å². The summed E-state index contributed by atoms with van der Waals surface area (Å²) in [6.07, 6.45) is 1.11. The van der Waals surface area contributed by atoms with Crippen molar-refractivity contribution in [1.29, 1.82) is 0 Å². The van der Waals surface area contributed by atoms with Gasteiger partial charge in [0.2, 0.25) is 0 Å². The zero-order chi connectivity index (χ0) is 17.4. The molecule has 3 aromatic rings. The molecule has 2 N–H and O–H groups in total. The topological polar surface area (TPSA) is 38.7 Å². The number of aromatic nitrogens is 1. The van der Waals surface area contributed by atoms with Crippen molar-refractivity contribution < 1.29 is 14.4 Å². The lowest BCUT2D eigenvalue weighted by molar-refractivity contribution is -0.929. The van der Waals surface area contributed by atoms with Gasteiger partial charge in [-0.3, -0.25) is 0 Å². The smallest absolute Gasteiger partial charge is 0.136 e. The predicted octanol–water partition coefficient (Wildman–Crippen LogP) is 3.09. The summed E-state index contributed by atoms with van der Waals surface area (Å²) in [6.45, 7) is 3.07. The first-order valence-corrected chi connectivity index (χ1v) is 9.31. The fourth-order valence-corrected chi connectivity index (χ4v) is 4.37. The highest BCUT2D eigenvalue weighted by molar-refractivity contribution is 9.10. The molecule has 0 fully saturated rings. The average molecular weight is 402 g/mol. The van der Waals surface area contributed by atoms with Crippen LogP contribution in [0.25, 0.3) is 10.9 Å². The highest BCUT2D eigenvalue weighted by Crippen LogP contribution is 2.32. The molecule has 4 rings (SSSR count). The molecule has 2 aromatic carbocycles. The maximum absolute atomic E-state index is 5.58. The minimum Gasteiger partial charge on any atom is -0.496 e. The van der Waals surface area contributed by atoms with Crippen LogP contribution >= 0.6 is 15.9 Å². The Morgan fingerprint density at radius 3 is 2.72 bits per heavy atom. The molecular formula is C20H22BrN2O2+. The first-order valence-electron chi connectivity index (χ1n) is 8.52. The van der Waals surface area contributed by atoms with Gasteiger partial charge in [0.15, 0.2) is 0 Å². The molecular weight excluding hydrogens is 380 g/mol. The van der Waals surface area contributed by atoms with Crippen LogP contribution in [0, 0.1) is 0 Å². The summed E-state index contributed by atoms with van der Waals surface area (Å²) in [6, 6.07) is 12.7. The van der Waals surface area contributed by atoms with E-state index in [1.807, 2.05) is 6.07 Å². The number of nitrogens with one attached hydrogen (secondary N) is 2. The average Bonchev–Trinajstić information content (AvgIpc) is 2.99. The lowest BCUT2D eigenvalue weighted by atomic mass is 10.0. The van der Waals surface area contributed by atoms with Gasteiger partial charge in [0, 0.05) is 29.0 Å². The molecule has 25 heavy (non-hydrogen) atoms. The molecule has 0 spiro atoms. The molecule has 1 atom stereocenters. The summed E-state index contributed by atoms with van der Waals surface area (Å²) < 4.78 is 11.9. The van der Waals surface area contributed by atoms with Gasteiger partial charge in [0.25, 0.3) is 0 Å². The minimum absolute atomic E-state index is 0.798. The number of quaternary nitrogens is 1. The fraction of sp³-hybridized carbons (Fsp3) is 0.300. The van der Waals surface area contributed by atoms with Crippen LogP contribution in [0.4, 0.5) is 0 Å². The third kappa shape index (κ3) is 3.02. The Kier molecular flexibility index (Phi) is 4.44. The number of H-pyrrole nitrogens is 1. The third-order valence-corrected chi connectivity index (χ3v) is 5.67. The lowest BCUT2D eigenvalue weighted by Gasteiger charge is -2.25. The largest absolute Gasteiger partial charge is 0.496 e. The van der Waals surface area contributed by atoms with Crippen molar-refractivity contribution in [2.24, 2.45) is 0 Å². The Morgan fingerprint density at radius 1 is 1.12 bits per heavy atom. The van der Waals surface area contributed by atoms with Crippen LogP contribution in [0.1, 0.15) is 16.8 Å². The number of halogens is 1. The van der Waals surface area contributed by atoms with Gasteiger partial charge in [-0.2, -0.15) is 0 Å². The Morgan fingerprint density at radius 2 is 1.92 bits per heavy atom. The Hall–Kier alpha value is -1.98. The standard InChI is InChI=1S/C20H21BrN2O2/c1-24-19-10-20(25-2)16(21)9-13(19)11-23-8-7-15-14-5-3-4-6-17(14)22-18(15)12-23/h3-6,9-10,22H,7-8,11-12H2,1-2H3/p+1. The van der Waals surface area contributed by atoms with Crippen molar-refractivity contribution in [2.45, 2.75) is 19.5 Å². The quantitative estimate of drug-likeness (QED) is 0.704. The monoisotopic (exact) mass is 401 g/mol. The first-order chi connectivity index (χ1) is 12.2. The molecule has 1 unspecified atom stereocenters. The van der Waals surface area contributed by atoms with E-state index in [0.717, 1.165) is 42.0 Å². The molecule has 0 bridgehead atoms. The zero-order valence-electron chi connectivity index (χ0n) is 14.5. The van der Waals surface area contributed by atoms with E-state index in [2.05, 4.69) is 51.2 Å². The van der Waals surface area contributed by atoms with Gasteiger partial charge in [0.1, 0.15) is 24.6 Å². The van der Waals surface area contributed by atoms with Gasteiger partial charge < -0.3 is 19.4 Å². The maximum atomic E-state index is 5.58. The number of fused-ring (bicyclic) bond motifs is 3. The summed E-state index contributed by atoms with van der Waals surface area (Å²) in [5.74, 6) is 1.68. The second-order valence-corrected chi connectivity index (χ2v) is 7.38. The fourth-order valence-electron chi connectivity index (χ4n) is 3.81. The zero-order valence-corrected chi connectivity index (χ0v) is 16.1. The van der Waals surface area contributed by atoms with Gasteiger partial charge in [-0.05, 0) is 33.6 Å². The lowest BCUT2D eigenvalue weighted by Crippen LogP contribution is -3.10. The van der Waals surface area contributed by atoms with Crippen LogP contribution in [0.15, 0.2) is 40.9 Å². The Bertz CT molecular complexity index is 919. The SMILES string of the molecule is COc1cc(OC)c(C[NH+]2CCc3c([nH]c4ccccc34)C2)cc1Br. The number of rotatable bonds is 4. The number of para-hydroxylation sites is 1. The van der Waals surface area contributed by atoms with Crippen LogP contribution in [0.5, 0.6) is 11.5 Å². The maximum Gasteiger partial charge on any atom is 0.136 e. The molecule has 2 heterocycles. The Balaban J connectivity index is 1.59. The molecule has 0 saturated carbocycles. The summed E-state index contributed by atoms with van der Waals surface area (Å²) in [7, 11) is 3.39. The molecule has 0 radical (unpaired) electrons. The minimum atomic E-state index is 0.798. The van der Waals surface area contributed by atoms with Crippen molar-refractivity contribution in [3.63, 3.8) is 0 Å². The normalized spacial score (nSPS) is 16.7. The summed E-state index contributed by atoms with van der Waals surface area (Å²) in [5.41, 5.74) is 5.31. The number of aromatic amines is 1. The van der Waals surface area contributed by atoms with Crippen molar-refractivity contribution in [3.05, 3.63) is 57.7 Å². The second-order valence-electron chi connectivity index (χ2n) is 6.53. The van der Waals surface area contributed by atoms with Gasteiger partial charge in [-0.15, -0.1) is 0 Å². The number of methoxy groups -OCH3 is 2. The molecule has 4 nitrogen and oxygen atoms in total. The van der Waals surface area contributed by atoms with Gasteiger partial charge in [-0.25, -0.2) is 0 Å². The van der Waals surface area contributed by atoms with Crippen molar-refractivity contribution in [1.82, 2.24) is 4.98 Å². The molecule has 0 saturated heterocycles. The van der Waals surface area contributed by atoms with E-state index < -0.39 is 0 Å². The Labute approximate surface area is 155 Å². The highest BCUT2D eigenvalue weighted by atomic mass is 79.9. The van der Waals surface area contributed by atoms with Crippen molar-refractivity contribution >= 4 is 26.8 Å². The van der Waals surface area contributed by atoms with Crippen LogP contribution in [-0.4, -0.2) is 25.7 Å². The van der Waals surface area contributed by atoms with Crippen molar-refractivity contribution in [2.75, 3.05) is 20.8 Å². The molecule has 1 aliphatic heterocycles. The first kappa shape index (κ1) is 16.5. The van der Waals surface area contributed by atoms with Gasteiger partial charge >= 0.3 is 0 Å². The summed E-state index contributed by atoms with van der Waals surface area (Å²) in [4.78, 5) is 5.15. The molecule has 5 heteroatoms. The number of ether oxygens (including phenoxy) is 2. The summed E-state index contributed by atoms with van der Waals surface area (Å²) in [5, 5.41) is 1.38. The van der Waals surface area contributed by atoms with Gasteiger partial charge in [-0.1, -0.05) is 18.2 Å². The number of benzene rings is 2. The predicted molar refractivity (Wildman–Crippen MR) is 102 cm³/mol. The summed E-state index contributed by atoms with van der Waals surface area (Å²) >= 11 is 3.59. The van der Waals surface area contributed by atoms with E-state index >= 15 is 0 Å². The molecule has 0 amide bonds. The van der Waals surface area contributed by atoms with Crippen LogP contribution < -0.4 is 14.4 Å². The molecule has 1 aliphatic rings. The van der Waals surface area contributed by atoms with E-state index in [1.54, 1.807) is 14.2 Å².